The number of aliphatic carboxylic acids is 2. The van der Waals surface area contributed by atoms with Crippen molar-refractivity contribution in [3.05, 3.63) is 24.3 Å². The highest BCUT2D eigenvalue weighted by atomic mass is 16.5. The highest BCUT2D eigenvalue weighted by Gasteiger charge is 2.14. The van der Waals surface area contributed by atoms with E-state index < -0.39 is 11.9 Å². The Hall–Kier alpha value is -2.32. The quantitative estimate of drug-likeness (QED) is 0.548. The lowest BCUT2D eigenvalue weighted by atomic mass is 10.3. The lowest BCUT2D eigenvalue weighted by molar-refractivity contribution is -0.159. The Bertz CT molecular complexity index is 529. The van der Waals surface area contributed by atoms with Crippen molar-refractivity contribution >= 4 is 11.9 Å². The number of ether oxygens (including phenoxy) is 2. The van der Waals surface area contributed by atoms with Crippen molar-refractivity contribution in [2.45, 2.75) is 13.3 Å². The molecule has 1 fully saturated rings. The Morgan fingerprint density at radius 2 is 1.46 bits per heavy atom. The normalized spacial score (nSPS) is 14.8. The second-order valence-corrected chi connectivity index (χ2v) is 5.76. The van der Waals surface area contributed by atoms with Crippen LogP contribution in [-0.4, -0.2) is 84.9 Å². The average Bonchev–Trinajstić information content (AvgIpc) is 2.66. The number of rotatable bonds is 7. The first-order chi connectivity index (χ1) is 12.5. The molecule has 0 radical (unpaired) electrons. The van der Waals surface area contributed by atoms with Gasteiger partial charge in [-0.2, -0.15) is 0 Å². The van der Waals surface area contributed by atoms with E-state index in [9.17, 15) is 0 Å². The molecule has 0 aromatic heterocycles. The molecule has 1 aromatic carbocycles. The maximum absolute atomic E-state index is 9.10. The summed E-state index contributed by atoms with van der Waals surface area (Å²) in [5, 5.41) is 14.8. The van der Waals surface area contributed by atoms with Gasteiger partial charge in [-0.3, -0.25) is 0 Å². The van der Waals surface area contributed by atoms with Crippen LogP contribution >= 0.6 is 0 Å². The standard InChI is InChI=1S/C16H26N2O2.C2H2O4/c1-3-17-10-12-18(13-11-17)9-4-14-20-16-7-5-15(19-2)6-8-16;3-1(4)2(5)6/h5-8H,3-4,9-14H2,1-2H3;(H,3,4)(H,5,6). The Morgan fingerprint density at radius 1 is 0.962 bits per heavy atom. The summed E-state index contributed by atoms with van der Waals surface area (Å²) in [5.41, 5.74) is 0. The molecule has 26 heavy (non-hydrogen) atoms. The molecule has 0 spiro atoms. The summed E-state index contributed by atoms with van der Waals surface area (Å²) in [6.45, 7) is 10.1. The second-order valence-electron chi connectivity index (χ2n) is 5.76. The maximum atomic E-state index is 9.10. The highest BCUT2D eigenvalue weighted by Crippen LogP contribution is 2.17. The highest BCUT2D eigenvalue weighted by molar-refractivity contribution is 6.27. The van der Waals surface area contributed by atoms with Crippen LogP contribution in [0.15, 0.2) is 24.3 Å². The van der Waals surface area contributed by atoms with Crippen molar-refractivity contribution in [2.24, 2.45) is 0 Å². The van der Waals surface area contributed by atoms with Crippen LogP contribution in [0.25, 0.3) is 0 Å². The first kappa shape index (κ1) is 21.7. The fraction of sp³-hybridized carbons (Fsp3) is 0.556. The molecule has 2 rings (SSSR count). The van der Waals surface area contributed by atoms with E-state index in [0.717, 1.165) is 31.1 Å². The van der Waals surface area contributed by atoms with Gasteiger partial charge in [0.05, 0.1) is 13.7 Å². The van der Waals surface area contributed by atoms with Gasteiger partial charge >= 0.3 is 11.9 Å². The molecule has 1 aromatic rings. The fourth-order valence-corrected chi connectivity index (χ4v) is 2.48. The number of methoxy groups -OCH3 is 1. The summed E-state index contributed by atoms with van der Waals surface area (Å²) >= 11 is 0. The maximum Gasteiger partial charge on any atom is 0.414 e. The van der Waals surface area contributed by atoms with E-state index in [0.29, 0.717) is 0 Å². The number of carboxylic acids is 2. The van der Waals surface area contributed by atoms with Gasteiger partial charge < -0.3 is 29.5 Å². The minimum atomic E-state index is -1.82. The third kappa shape index (κ3) is 8.68. The van der Waals surface area contributed by atoms with Crippen LogP contribution < -0.4 is 9.47 Å². The third-order valence-electron chi connectivity index (χ3n) is 4.04. The minimum Gasteiger partial charge on any atom is -0.497 e. The zero-order valence-electron chi connectivity index (χ0n) is 15.4. The van der Waals surface area contributed by atoms with E-state index in [4.69, 9.17) is 29.3 Å². The van der Waals surface area contributed by atoms with E-state index in [1.54, 1.807) is 7.11 Å². The molecule has 0 saturated carbocycles. The van der Waals surface area contributed by atoms with Gasteiger partial charge in [0.25, 0.3) is 0 Å². The molecular formula is C18H28N2O6. The average molecular weight is 368 g/mol. The number of nitrogens with zero attached hydrogens (tertiary/aromatic N) is 2. The van der Waals surface area contributed by atoms with Crippen LogP contribution in [0.4, 0.5) is 0 Å². The number of likely N-dealkylation sites (N-methyl/N-ethyl adjacent to an activating group) is 1. The van der Waals surface area contributed by atoms with Gasteiger partial charge in [0.2, 0.25) is 0 Å². The molecule has 8 heteroatoms. The number of piperazine rings is 1. The van der Waals surface area contributed by atoms with Gasteiger partial charge in [0, 0.05) is 32.7 Å². The molecule has 1 heterocycles. The molecule has 1 aliphatic heterocycles. The number of carboxylic acid groups (broad SMARTS) is 2. The van der Waals surface area contributed by atoms with Gasteiger partial charge in [0.1, 0.15) is 11.5 Å². The van der Waals surface area contributed by atoms with E-state index >= 15 is 0 Å². The Balaban J connectivity index is 0.000000487. The van der Waals surface area contributed by atoms with Crippen LogP contribution in [0.1, 0.15) is 13.3 Å². The first-order valence-corrected chi connectivity index (χ1v) is 8.64. The topological polar surface area (TPSA) is 99.5 Å². The van der Waals surface area contributed by atoms with Gasteiger partial charge in [-0.05, 0) is 37.2 Å². The van der Waals surface area contributed by atoms with Gasteiger partial charge in [-0.1, -0.05) is 6.92 Å². The zero-order valence-corrected chi connectivity index (χ0v) is 15.4. The van der Waals surface area contributed by atoms with E-state index in [2.05, 4.69) is 16.7 Å². The molecule has 146 valence electrons. The Labute approximate surface area is 153 Å². The SMILES string of the molecule is CCN1CCN(CCCOc2ccc(OC)cc2)CC1.O=C(O)C(=O)O. The smallest absolute Gasteiger partial charge is 0.414 e. The van der Waals surface area contributed by atoms with Crippen LogP contribution in [0, 0.1) is 0 Å². The summed E-state index contributed by atoms with van der Waals surface area (Å²) in [6.07, 6.45) is 1.08. The summed E-state index contributed by atoms with van der Waals surface area (Å²) in [5.74, 6) is -1.86. The lowest BCUT2D eigenvalue weighted by Crippen LogP contribution is -2.46. The van der Waals surface area contributed by atoms with Crippen LogP contribution in [0.5, 0.6) is 11.5 Å². The molecule has 0 aliphatic carbocycles. The predicted molar refractivity (Wildman–Crippen MR) is 96.9 cm³/mol. The van der Waals surface area contributed by atoms with Crippen LogP contribution in [0.2, 0.25) is 0 Å². The first-order valence-electron chi connectivity index (χ1n) is 8.64. The molecule has 0 atom stereocenters. The molecule has 2 N–H and O–H groups in total. The Kier molecular flexibility index (Phi) is 10.1. The van der Waals surface area contributed by atoms with Gasteiger partial charge in [-0.25, -0.2) is 9.59 Å². The molecule has 0 bridgehead atoms. The van der Waals surface area contributed by atoms with Gasteiger partial charge in [-0.15, -0.1) is 0 Å². The summed E-state index contributed by atoms with van der Waals surface area (Å²) in [7, 11) is 1.67. The predicted octanol–water partition coefficient (Wildman–Crippen LogP) is 1.26. The molecule has 0 unspecified atom stereocenters. The van der Waals surface area contributed by atoms with Crippen molar-refractivity contribution in [3.8, 4) is 11.5 Å². The van der Waals surface area contributed by atoms with Crippen molar-refractivity contribution in [3.63, 3.8) is 0 Å². The molecule has 1 saturated heterocycles. The number of benzene rings is 1. The number of carbonyl (C=O) groups is 2. The van der Waals surface area contributed by atoms with Crippen molar-refractivity contribution in [1.82, 2.24) is 9.80 Å². The van der Waals surface area contributed by atoms with Crippen LogP contribution in [0.3, 0.4) is 0 Å². The van der Waals surface area contributed by atoms with Crippen molar-refractivity contribution < 1.29 is 29.3 Å². The molecule has 0 amide bonds. The van der Waals surface area contributed by atoms with E-state index in [1.165, 1.54) is 32.7 Å². The monoisotopic (exact) mass is 368 g/mol. The summed E-state index contributed by atoms with van der Waals surface area (Å²) < 4.78 is 10.9. The Morgan fingerprint density at radius 3 is 1.92 bits per heavy atom. The second kappa shape index (κ2) is 12.1. The van der Waals surface area contributed by atoms with Crippen molar-refractivity contribution in [1.29, 1.82) is 0 Å². The molecule has 8 nitrogen and oxygen atoms in total. The number of hydrogen-bond donors (Lipinski definition) is 2. The van der Waals surface area contributed by atoms with Crippen molar-refractivity contribution in [2.75, 3.05) is 53.0 Å². The van der Waals surface area contributed by atoms with Gasteiger partial charge in [0.15, 0.2) is 0 Å². The van der Waals surface area contributed by atoms with Crippen LogP contribution in [-0.2, 0) is 9.59 Å². The zero-order chi connectivity index (χ0) is 19.4. The lowest BCUT2D eigenvalue weighted by Gasteiger charge is -2.33. The van der Waals surface area contributed by atoms with E-state index in [1.807, 2.05) is 24.3 Å². The number of hydrogen-bond acceptors (Lipinski definition) is 6. The minimum absolute atomic E-state index is 0.778. The molecule has 1 aliphatic rings. The molecular weight excluding hydrogens is 340 g/mol. The summed E-state index contributed by atoms with van der Waals surface area (Å²) in [4.78, 5) is 23.2. The van der Waals surface area contributed by atoms with E-state index in [-0.39, 0.29) is 0 Å². The largest absolute Gasteiger partial charge is 0.497 e. The fourth-order valence-electron chi connectivity index (χ4n) is 2.48. The third-order valence-corrected chi connectivity index (χ3v) is 4.04. The summed E-state index contributed by atoms with van der Waals surface area (Å²) in [6, 6.07) is 7.77.